The number of hydrogen-bond acceptors (Lipinski definition) is 8. The van der Waals surface area contributed by atoms with Gasteiger partial charge in [0.25, 0.3) is 11.4 Å². The van der Waals surface area contributed by atoms with E-state index in [1.165, 1.54) is 0 Å². The van der Waals surface area contributed by atoms with Gasteiger partial charge in [-0.25, -0.2) is 4.98 Å². The summed E-state index contributed by atoms with van der Waals surface area (Å²) >= 11 is 6.27. The molecule has 1 N–H and O–H groups in total. The summed E-state index contributed by atoms with van der Waals surface area (Å²) in [5, 5.41) is 14.8. The van der Waals surface area contributed by atoms with Gasteiger partial charge in [0.15, 0.2) is 0 Å². The highest BCUT2D eigenvalue weighted by Crippen LogP contribution is 2.44. The molecule has 1 saturated heterocycles. The molecule has 0 spiro atoms. The van der Waals surface area contributed by atoms with E-state index >= 15 is 0 Å². The minimum atomic E-state index is -1.05. The van der Waals surface area contributed by atoms with Crippen LogP contribution >= 0.6 is 11.6 Å². The van der Waals surface area contributed by atoms with E-state index < -0.39 is 5.60 Å². The maximum absolute atomic E-state index is 13.7. The second kappa shape index (κ2) is 7.38. The van der Waals surface area contributed by atoms with E-state index in [0.717, 1.165) is 24.1 Å². The molecule has 2 aliphatic rings. The summed E-state index contributed by atoms with van der Waals surface area (Å²) in [6.45, 7) is 4.27. The number of halogens is 1. The van der Waals surface area contributed by atoms with Gasteiger partial charge in [-0.1, -0.05) is 16.8 Å². The molecule has 166 valence electrons. The van der Waals surface area contributed by atoms with Crippen LogP contribution in [0.15, 0.2) is 33.8 Å². The average Bonchev–Trinajstić information content (AvgIpc) is 3.19. The first-order valence-electron chi connectivity index (χ1n) is 10.6. The molecule has 11 heteroatoms. The first-order chi connectivity index (χ1) is 15.5. The molecule has 6 rings (SSSR count). The van der Waals surface area contributed by atoms with Crippen LogP contribution in [0.25, 0.3) is 28.1 Å². The van der Waals surface area contributed by atoms with Gasteiger partial charge in [-0.3, -0.25) is 14.1 Å². The number of morpholine rings is 1. The molecule has 10 nitrogen and oxygen atoms in total. The van der Waals surface area contributed by atoms with Crippen LogP contribution in [-0.4, -0.2) is 66.9 Å². The van der Waals surface area contributed by atoms with Crippen molar-refractivity contribution in [3.05, 3.63) is 45.8 Å². The van der Waals surface area contributed by atoms with Crippen molar-refractivity contribution in [2.75, 3.05) is 32.8 Å². The number of imidazole rings is 1. The third kappa shape index (κ3) is 3.22. The minimum Gasteiger partial charge on any atom is -0.380 e. The van der Waals surface area contributed by atoms with Crippen molar-refractivity contribution in [1.29, 1.82) is 0 Å². The molecule has 2 fully saturated rings. The number of benzene rings is 1. The molecule has 0 atom stereocenters. The number of ether oxygens (including phenoxy) is 1. The van der Waals surface area contributed by atoms with Gasteiger partial charge in [0.1, 0.15) is 23.1 Å². The molecule has 1 aromatic carbocycles. The molecule has 0 bridgehead atoms. The van der Waals surface area contributed by atoms with Gasteiger partial charge in [-0.15, -0.1) is 0 Å². The van der Waals surface area contributed by atoms with Crippen LogP contribution in [0.3, 0.4) is 0 Å². The molecule has 32 heavy (non-hydrogen) atoms. The average molecular weight is 457 g/mol. The first-order valence-corrected chi connectivity index (χ1v) is 11.0. The lowest BCUT2D eigenvalue weighted by Crippen LogP contribution is -2.39. The summed E-state index contributed by atoms with van der Waals surface area (Å²) in [4.78, 5) is 24.7. The number of hydrogen-bond donors (Lipinski definition) is 1. The van der Waals surface area contributed by atoms with E-state index in [-0.39, 0.29) is 17.3 Å². The van der Waals surface area contributed by atoms with Crippen molar-refractivity contribution in [2.24, 2.45) is 0 Å². The van der Waals surface area contributed by atoms with Crippen LogP contribution in [0.1, 0.15) is 18.7 Å². The normalized spacial score (nSPS) is 18.6. The quantitative estimate of drug-likeness (QED) is 0.482. The van der Waals surface area contributed by atoms with E-state index in [2.05, 4.69) is 20.0 Å². The van der Waals surface area contributed by atoms with Crippen LogP contribution in [0.5, 0.6) is 0 Å². The largest absolute Gasteiger partial charge is 0.380 e. The Bertz CT molecular complexity index is 1380. The molecule has 3 aromatic heterocycles. The van der Waals surface area contributed by atoms with E-state index in [1.807, 2.05) is 6.07 Å². The zero-order chi connectivity index (χ0) is 21.9. The Hall–Kier alpha value is -2.79. The molecule has 0 radical (unpaired) electrons. The maximum Gasteiger partial charge on any atom is 0.277 e. The van der Waals surface area contributed by atoms with Gasteiger partial charge in [-0.05, 0) is 31.0 Å². The van der Waals surface area contributed by atoms with Crippen molar-refractivity contribution in [3.8, 4) is 11.5 Å². The molecule has 1 aliphatic carbocycles. The Kier molecular flexibility index (Phi) is 4.58. The van der Waals surface area contributed by atoms with Crippen LogP contribution in [0.4, 0.5) is 0 Å². The lowest BCUT2D eigenvalue weighted by atomic mass is 10.2. The van der Waals surface area contributed by atoms with Gasteiger partial charge in [0.2, 0.25) is 5.82 Å². The third-order valence-electron chi connectivity index (χ3n) is 6.21. The molecule has 0 unspecified atom stereocenters. The summed E-state index contributed by atoms with van der Waals surface area (Å²) < 4.78 is 14.1. The molecule has 4 aromatic rings. The summed E-state index contributed by atoms with van der Waals surface area (Å²) in [5.41, 5.74) is 0.950. The van der Waals surface area contributed by atoms with E-state index in [1.54, 1.807) is 27.4 Å². The number of rotatable bonds is 5. The highest BCUT2D eigenvalue weighted by molar-refractivity contribution is 6.31. The highest BCUT2D eigenvalue weighted by Gasteiger charge is 2.48. The molecule has 1 saturated carbocycles. The first kappa shape index (κ1) is 19.9. The lowest BCUT2D eigenvalue weighted by molar-refractivity contribution is 0.0364. The molecule has 1 aliphatic heterocycles. The number of nitrogens with zero attached hydrogens (tertiary/aromatic N) is 6. The summed E-state index contributed by atoms with van der Waals surface area (Å²) in [6.07, 6.45) is 2.74. The Morgan fingerprint density at radius 1 is 1.16 bits per heavy atom. The van der Waals surface area contributed by atoms with E-state index in [0.29, 0.717) is 55.4 Å². The van der Waals surface area contributed by atoms with Crippen LogP contribution in [0.2, 0.25) is 5.02 Å². The highest BCUT2D eigenvalue weighted by atomic mass is 35.5. The molecular formula is C21H21ClN6O4. The SMILES string of the molecule is O=c1c2c(-c3noc(C4(O)CC4)n3)ncn2c2ccc(Cl)cc2n1CCN1CCOCC1. The standard InChI is InChI=1S/C21H21ClN6O4/c22-13-1-2-14-15(11-13)27(6-5-26-7-9-31-10-8-26)19(29)17-16(23-12-28(14)17)18-24-20(32-25-18)21(30)3-4-21/h1-2,11-12,30H,3-10H2. The fraction of sp³-hybridized carbons (Fsp3) is 0.429. The zero-order valence-corrected chi connectivity index (χ0v) is 18.0. The van der Waals surface area contributed by atoms with Gasteiger partial charge >= 0.3 is 0 Å². The Labute approximate surface area is 187 Å². The van der Waals surface area contributed by atoms with E-state index in [9.17, 15) is 9.90 Å². The molecule has 4 heterocycles. The predicted octanol–water partition coefficient (Wildman–Crippen LogP) is 1.67. The summed E-state index contributed by atoms with van der Waals surface area (Å²) in [7, 11) is 0. The van der Waals surface area contributed by atoms with Gasteiger partial charge < -0.3 is 18.9 Å². The topological polar surface area (TPSA) is 111 Å². The monoisotopic (exact) mass is 456 g/mol. The number of aliphatic hydroxyl groups is 1. The summed E-state index contributed by atoms with van der Waals surface area (Å²) in [5.74, 6) is 0.349. The van der Waals surface area contributed by atoms with Crippen LogP contribution < -0.4 is 5.56 Å². The fourth-order valence-corrected chi connectivity index (χ4v) is 4.35. The molecular weight excluding hydrogens is 436 g/mol. The van der Waals surface area contributed by atoms with Crippen molar-refractivity contribution >= 4 is 28.2 Å². The van der Waals surface area contributed by atoms with Crippen LogP contribution in [-0.2, 0) is 16.9 Å². The van der Waals surface area contributed by atoms with Crippen molar-refractivity contribution in [3.63, 3.8) is 0 Å². The minimum absolute atomic E-state index is 0.161. The second-order valence-electron chi connectivity index (χ2n) is 8.31. The Morgan fingerprint density at radius 2 is 1.97 bits per heavy atom. The fourth-order valence-electron chi connectivity index (χ4n) is 4.18. The smallest absolute Gasteiger partial charge is 0.277 e. The summed E-state index contributed by atoms with van der Waals surface area (Å²) in [6, 6.07) is 5.45. The van der Waals surface area contributed by atoms with Crippen LogP contribution in [0, 0.1) is 0 Å². The van der Waals surface area contributed by atoms with E-state index in [4.69, 9.17) is 20.9 Å². The van der Waals surface area contributed by atoms with Crippen molar-refractivity contribution in [1.82, 2.24) is 29.0 Å². The maximum atomic E-state index is 13.7. The number of aromatic nitrogens is 5. The lowest BCUT2D eigenvalue weighted by Gasteiger charge is -2.27. The third-order valence-corrected chi connectivity index (χ3v) is 6.44. The zero-order valence-electron chi connectivity index (χ0n) is 17.2. The Morgan fingerprint density at radius 3 is 2.75 bits per heavy atom. The second-order valence-corrected chi connectivity index (χ2v) is 8.75. The predicted molar refractivity (Wildman–Crippen MR) is 116 cm³/mol. The van der Waals surface area contributed by atoms with Gasteiger partial charge in [-0.2, -0.15) is 4.98 Å². The number of fused-ring (bicyclic) bond motifs is 3. The van der Waals surface area contributed by atoms with Gasteiger partial charge in [0, 0.05) is 31.2 Å². The van der Waals surface area contributed by atoms with Gasteiger partial charge in [0.05, 0.1) is 24.2 Å². The molecule has 0 amide bonds. The Balaban J connectivity index is 1.49. The van der Waals surface area contributed by atoms with Crippen molar-refractivity contribution < 1.29 is 14.4 Å². The van der Waals surface area contributed by atoms with Crippen molar-refractivity contribution in [2.45, 2.75) is 25.0 Å².